The second kappa shape index (κ2) is 6.21. The monoisotopic (exact) mass is 373 g/mol. The molecule has 22 heavy (non-hydrogen) atoms. The Balaban J connectivity index is 1.96. The minimum atomic E-state index is -0.169. The number of aliphatic hydroxyl groups is 1. The fraction of sp³-hybridized carbons (Fsp3) is 0.500. The third kappa shape index (κ3) is 2.46. The topological polar surface area (TPSA) is 78.7 Å². The lowest BCUT2D eigenvalue weighted by Gasteiger charge is -2.18. The van der Waals surface area contributed by atoms with Crippen LogP contribution in [0.3, 0.4) is 0 Å². The van der Waals surface area contributed by atoms with Crippen LogP contribution in [0.25, 0.3) is 0 Å². The third-order valence-electron chi connectivity index (χ3n) is 3.58. The lowest BCUT2D eigenvalue weighted by atomic mass is 10.0. The van der Waals surface area contributed by atoms with E-state index in [0.29, 0.717) is 41.6 Å². The zero-order chi connectivity index (χ0) is 15.7. The molecule has 0 aliphatic carbocycles. The summed E-state index contributed by atoms with van der Waals surface area (Å²) in [6.45, 7) is 0.0227. The summed E-state index contributed by atoms with van der Waals surface area (Å²) in [6.07, 6.45) is 0.935. The molecule has 0 amide bonds. The smallest absolute Gasteiger partial charge is 0.231 e. The molecule has 1 aromatic rings. The zero-order valence-corrected chi connectivity index (χ0v) is 13.8. The minimum absolute atomic E-state index is 0.0980. The van der Waals surface area contributed by atoms with E-state index in [1.807, 2.05) is 0 Å². The van der Waals surface area contributed by atoms with Crippen LogP contribution >= 0.6 is 15.9 Å². The summed E-state index contributed by atoms with van der Waals surface area (Å²) >= 11 is 3.54. The van der Waals surface area contributed by atoms with Gasteiger partial charge in [-0.15, -0.1) is 0 Å². The second-order valence-electron chi connectivity index (χ2n) is 4.88. The Morgan fingerprint density at radius 1 is 1.23 bits per heavy atom. The van der Waals surface area contributed by atoms with Crippen molar-refractivity contribution in [3.8, 4) is 23.0 Å². The van der Waals surface area contributed by atoms with Crippen molar-refractivity contribution in [1.82, 2.24) is 0 Å². The molecule has 7 nitrogen and oxygen atoms in total. The molecule has 0 fully saturated rings. The van der Waals surface area contributed by atoms with Crippen molar-refractivity contribution in [3.63, 3.8) is 0 Å². The normalized spacial score (nSPS) is 18.9. The summed E-state index contributed by atoms with van der Waals surface area (Å²) in [4.78, 5) is 5.35. The average molecular weight is 374 g/mol. The summed E-state index contributed by atoms with van der Waals surface area (Å²) in [5.74, 6) is 2.19. The highest BCUT2D eigenvalue weighted by atomic mass is 79.9. The predicted molar refractivity (Wildman–Crippen MR) is 81.1 cm³/mol. The Hall–Kier alpha value is -1.67. The summed E-state index contributed by atoms with van der Waals surface area (Å²) in [6, 6.07) is 0. The number of hydrogen-bond acceptors (Lipinski definition) is 7. The summed E-state index contributed by atoms with van der Waals surface area (Å²) in [5.41, 5.74) is 1.48. The molecule has 2 aliphatic rings. The molecule has 120 valence electrons. The molecule has 0 radical (unpaired) electrons. The van der Waals surface area contributed by atoms with E-state index in [2.05, 4.69) is 21.1 Å². The fourth-order valence-corrected chi connectivity index (χ4v) is 3.27. The number of rotatable bonds is 5. The number of hydrogen-bond donors (Lipinski definition) is 1. The molecule has 0 unspecified atom stereocenters. The van der Waals surface area contributed by atoms with Crippen molar-refractivity contribution < 1.29 is 28.9 Å². The van der Waals surface area contributed by atoms with Gasteiger partial charge in [0.05, 0.1) is 31.0 Å². The zero-order valence-electron chi connectivity index (χ0n) is 12.2. The first-order valence-corrected chi connectivity index (χ1v) is 7.53. The van der Waals surface area contributed by atoms with E-state index in [0.717, 1.165) is 10.0 Å². The number of methoxy groups -OCH3 is 2. The van der Waals surface area contributed by atoms with Crippen LogP contribution < -0.4 is 18.9 Å². The van der Waals surface area contributed by atoms with Gasteiger partial charge in [-0.3, -0.25) is 0 Å². The van der Waals surface area contributed by atoms with Crippen molar-refractivity contribution in [2.24, 2.45) is 5.16 Å². The van der Waals surface area contributed by atoms with Crippen LogP contribution in [0, 0.1) is 0 Å². The Morgan fingerprint density at radius 2 is 1.91 bits per heavy atom. The van der Waals surface area contributed by atoms with Crippen molar-refractivity contribution in [2.75, 3.05) is 27.6 Å². The highest BCUT2D eigenvalue weighted by Gasteiger charge is 2.33. The molecule has 0 saturated heterocycles. The van der Waals surface area contributed by atoms with E-state index in [-0.39, 0.29) is 19.5 Å². The fourth-order valence-electron chi connectivity index (χ4n) is 2.59. The van der Waals surface area contributed by atoms with Crippen LogP contribution in [0.15, 0.2) is 9.63 Å². The van der Waals surface area contributed by atoms with Crippen LogP contribution in [-0.4, -0.2) is 44.5 Å². The quantitative estimate of drug-likeness (QED) is 0.848. The molecule has 8 heteroatoms. The number of ether oxygens (including phenoxy) is 4. The molecule has 2 heterocycles. The van der Waals surface area contributed by atoms with Crippen LogP contribution in [0.2, 0.25) is 0 Å². The maximum Gasteiger partial charge on any atom is 0.231 e. The molecule has 2 aliphatic heterocycles. The maximum atomic E-state index is 9.11. The molecular weight excluding hydrogens is 358 g/mol. The predicted octanol–water partition coefficient (Wildman–Crippen LogP) is 1.87. The van der Waals surface area contributed by atoms with E-state index in [9.17, 15) is 0 Å². The number of nitrogens with zero attached hydrogens (tertiary/aromatic N) is 1. The first kappa shape index (κ1) is 15.2. The van der Waals surface area contributed by atoms with E-state index in [1.54, 1.807) is 14.2 Å². The second-order valence-corrected chi connectivity index (χ2v) is 5.67. The van der Waals surface area contributed by atoms with Gasteiger partial charge in [0.1, 0.15) is 6.10 Å². The number of halogens is 1. The Labute approximate surface area is 135 Å². The first-order chi connectivity index (χ1) is 10.7. The average Bonchev–Trinajstić information content (AvgIpc) is 3.17. The number of oxime groups is 1. The molecule has 0 saturated carbocycles. The third-order valence-corrected chi connectivity index (χ3v) is 4.42. The van der Waals surface area contributed by atoms with Crippen molar-refractivity contribution in [1.29, 1.82) is 0 Å². The van der Waals surface area contributed by atoms with Gasteiger partial charge < -0.3 is 28.9 Å². The molecule has 3 rings (SSSR count). The molecule has 0 spiro atoms. The molecule has 1 N–H and O–H groups in total. The maximum absolute atomic E-state index is 9.11. The van der Waals surface area contributed by atoms with Gasteiger partial charge in [0.25, 0.3) is 0 Å². The highest BCUT2D eigenvalue weighted by Crippen LogP contribution is 2.54. The number of fused-ring (bicyclic) bond motifs is 1. The van der Waals surface area contributed by atoms with Gasteiger partial charge in [0.2, 0.25) is 18.3 Å². The van der Waals surface area contributed by atoms with E-state index in [4.69, 9.17) is 28.9 Å². The van der Waals surface area contributed by atoms with Gasteiger partial charge in [0.15, 0.2) is 11.5 Å². The minimum Gasteiger partial charge on any atom is -0.492 e. The van der Waals surface area contributed by atoms with Crippen LogP contribution in [0.4, 0.5) is 0 Å². The van der Waals surface area contributed by atoms with Gasteiger partial charge in [-0.2, -0.15) is 0 Å². The summed E-state index contributed by atoms with van der Waals surface area (Å²) < 4.78 is 22.6. The largest absolute Gasteiger partial charge is 0.492 e. The Kier molecular flexibility index (Phi) is 4.30. The van der Waals surface area contributed by atoms with Gasteiger partial charge >= 0.3 is 0 Å². The summed E-state index contributed by atoms with van der Waals surface area (Å²) in [7, 11) is 3.14. The van der Waals surface area contributed by atoms with E-state index < -0.39 is 0 Å². The van der Waals surface area contributed by atoms with Crippen molar-refractivity contribution >= 4 is 21.6 Å². The van der Waals surface area contributed by atoms with Crippen LogP contribution in [-0.2, 0) is 11.3 Å². The van der Waals surface area contributed by atoms with Gasteiger partial charge in [0, 0.05) is 18.4 Å². The molecule has 0 aromatic heterocycles. The summed E-state index contributed by atoms with van der Waals surface area (Å²) in [5, 5.41) is 13.0. The van der Waals surface area contributed by atoms with Gasteiger partial charge in [-0.1, -0.05) is 5.16 Å². The van der Waals surface area contributed by atoms with E-state index >= 15 is 0 Å². The highest BCUT2D eigenvalue weighted by molar-refractivity contribution is 9.10. The van der Waals surface area contributed by atoms with Gasteiger partial charge in [-0.05, 0) is 15.9 Å². The molecule has 1 atom stereocenters. The van der Waals surface area contributed by atoms with Crippen LogP contribution in [0.5, 0.6) is 23.0 Å². The Morgan fingerprint density at radius 3 is 2.50 bits per heavy atom. The SMILES string of the molecule is COc1c(Br)c(C[C@H]2CC(CO)=NO2)c(OC)c2c1OCO2. The number of aliphatic hydroxyl groups excluding tert-OH is 1. The first-order valence-electron chi connectivity index (χ1n) is 6.73. The van der Waals surface area contributed by atoms with Crippen molar-refractivity contribution in [3.05, 3.63) is 10.0 Å². The molecule has 0 bridgehead atoms. The lowest BCUT2D eigenvalue weighted by molar-refractivity contribution is 0.0851. The van der Waals surface area contributed by atoms with Crippen molar-refractivity contribution in [2.45, 2.75) is 18.9 Å². The van der Waals surface area contributed by atoms with E-state index in [1.165, 1.54) is 0 Å². The Bertz CT molecular complexity index is 618. The van der Waals surface area contributed by atoms with Crippen LogP contribution in [0.1, 0.15) is 12.0 Å². The van der Waals surface area contributed by atoms with Gasteiger partial charge in [-0.25, -0.2) is 0 Å². The molecular formula is C14H16BrNO6. The number of benzene rings is 1. The molecule has 1 aromatic carbocycles. The standard InChI is InChI=1S/C14H16BrNO6/c1-18-11-9(4-8-3-7(5-17)16-22-8)10(15)12(19-2)14-13(11)20-6-21-14/h8,17H,3-6H2,1-2H3/t8-/m1/s1. The lowest BCUT2D eigenvalue weighted by Crippen LogP contribution is -2.14.